The van der Waals surface area contributed by atoms with Gasteiger partial charge in [0.25, 0.3) is 5.56 Å². The summed E-state index contributed by atoms with van der Waals surface area (Å²) in [4.78, 5) is 33.3. The van der Waals surface area contributed by atoms with Crippen molar-refractivity contribution in [2.75, 3.05) is 5.73 Å². The van der Waals surface area contributed by atoms with Crippen LogP contribution in [0.2, 0.25) is 10.2 Å². The molecule has 1 fully saturated rings. The second kappa shape index (κ2) is 13.8. The lowest BCUT2D eigenvalue weighted by molar-refractivity contribution is -0.152. The predicted octanol–water partition coefficient (Wildman–Crippen LogP) is 9.13. The SMILES string of the molecule is CCCCC(CC)/C(O)=c1\c(N)nc2c(OC(=O)C3C(C(C)(C)C)CC(C)CC3C(C)(C)C)c(-c3ccc(Cl)cc3)c(Cl)n2c1=O. The molecule has 0 amide bonds. The molecule has 1 aromatic carbocycles. The molecule has 1 saturated carbocycles. The van der Waals surface area contributed by atoms with Crippen molar-refractivity contribution in [3.8, 4) is 16.9 Å². The van der Waals surface area contributed by atoms with Crippen molar-refractivity contribution in [3.05, 3.63) is 50.0 Å². The van der Waals surface area contributed by atoms with Gasteiger partial charge < -0.3 is 15.6 Å². The van der Waals surface area contributed by atoms with Gasteiger partial charge in [-0.25, -0.2) is 9.38 Å². The van der Waals surface area contributed by atoms with E-state index in [9.17, 15) is 14.7 Å². The Labute approximate surface area is 283 Å². The monoisotopic (exact) mass is 671 g/mol. The Bertz CT molecular complexity index is 1660. The Morgan fingerprint density at radius 1 is 1.07 bits per heavy atom. The summed E-state index contributed by atoms with van der Waals surface area (Å²) in [5.41, 5.74) is 6.50. The van der Waals surface area contributed by atoms with Gasteiger partial charge in [-0.3, -0.25) is 9.59 Å². The third-order valence-corrected chi connectivity index (χ3v) is 10.6. The van der Waals surface area contributed by atoms with Gasteiger partial charge in [0.05, 0.1) is 11.5 Å². The first kappa shape index (κ1) is 36.1. The molecular formula is C37H51Cl2N3O4. The number of nitrogens with zero attached hydrogens (tertiary/aromatic N) is 2. The van der Waals surface area contributed by atoms with Gasteiger partial charge >= 0.3 is 5.97 Å². The van der Waals surface area contributed by atoms with Crippen molar-refractivity contribution in [3.63, 3.8) is 0 Å². The fourth-order valence-corrected chi connectivity index (χ4v) is 7.88. The van der Waals surface area contributed by atoms with Crippen LogP contribution in [-0.4, -0.2) is 20.5 Å². The zero-order valence-corrected chi connectivity index (χ0v) is 30.4. The van der Waals surface area contributed by atoms with E-state index in [2.05, 4.69) is 60.4 Å². The molecule has 1 aliphatic rings. The van der Waals surface area contributed by atoms with Gasteiger partial charge in [0.2, 0.25) is 0 Å². The molecule has 7 nitrogen and oxygen atoms in total. The van der Waals surface area contributed by atoms with Crippen LogP contribution >= 0.6 is 23.2 Å². The molecule has 46 heavy (non-hydrogen) atoms. The molecule has 252 valence electrons. The van der Waals surface area contributed by atoms with Gasteiger partial charge in [0, 0.05) is 10.9 Å². The molecule has 4 rings (SSSR count). The Morgan fingerprint density at radius 2 is 1.63 bits per heavy atom. The summed E-state index contributed by atoms with van der Waals surface area (Å²) in [5.74, 6) is -0.586. The third-order valence-electron chi connectivity index (χ3n) is 10.00. The standard InChI is InChI=1S/C37H51Cl2N3O4/c1-10-12-13-21(11-2)29(43)28-32(40)41-33-30(26(31(39)42(33)34(28)44)22-14-16-23(38)17-15-22)46-35(45)27-24(36(4,5)6)18-20(3)19-25(27)37(7,8)9/h14-17,20-21,24-25,27,43H,10-13,18-19H2,1-9H3,(H2,40,41)/b29-28-. The van der Waals surface area contributed by atoms with Gasteiger partial charge in [0.15, 0.2) is 11.4 Å². The van der Waals surface area contributed by atoms with E-state index in [-0.39, 0.29) is 67.9 Å². The van der Waals surface area contributed by atoms with Crippen LogP contribution in [0.15, 0.2) is 29.1 Å². The third kappa shape index (κ3) is 7.06. The lowest BCUT2D eigenvalue weighted by Gasteiger charge is -2.49. The molecule has 0 spiro atoms. The number of aliphatic hydroxyl groups excluding tert-OH is 1. The van der Waals surface area contributed by atoms with Crippen LogP contribution in [-0.2, 0) is 4.79 Å². The lowest BCUT2D eigenvalue weighted by Crippen LogP contribution is -2.48. The quantitative estimate of drug-likeness (QED) is 0.231. The fraction of sp³-hybridized carbons (Fsp3) is 0.595. The van der Waals surface area contributed by atoms with E-state index in [1.165, 1.54) is 4.40 Å². The number of esters is 1. The van der Waals surface area contributed by atoms with E-state index in [0.717, 1.165) is 25.7 Å². The molecule has 3 N–H and O–H groups in total. The second-order valence-corrected chi connectivity index (χ2v) is 16.2. The van der Waals surface area contributed by atoms with E-state index in [4.69, 9.17) is 33.7 Å². The molecular weight excluding hydrogens is 621 g/mol. The van der Waals surface area contributed by atoms with Crippen LogP contribution < -0.4 is 21.2 Å². The molecule has 0 bridgehead atoms. The number of ether oxygens (including phenoxy) is 1. The molecule has 2 heterocycles. The average molecular weight is 673 g/mol. The molecule has 0 aliphatic heterocycles. The lowest BCUT2D eigenvalue weighted by atomic mass is 9.55. The van der Waals surface area contributed by atoms with Crippen LogP contribution in [0.25, 0.3) is 22.5 Å². The molecule has 9 heteroatoms. The van der Waals surface area contributed by atoms with Crippen LogP contribution in [0.1, 0.15) is 101 Å². The highest BCUT2D eigenvalue weighted by atomic mass is 35.5. The number of hydrogen-bond acceptors (Lipinski definition) is 6. The first-order valence-electron chi connectivity index (χ1n) is 16.7. The van der Waals surface area contributed by atoms with E-state index in [1.807, 2.05) is 6.92 Å². The molecule has 3 aromatic rings. The van der Waals surface area contributed by atoms with Crippen molar-refractivity contribution in [1.29, 1.82) is 0 Å². The topological polar surface area (TPSA) is 107 Å². The van der Waals surface area contributed by atoms with E-state index >= 15 is 0 Å². The number of nitrogen functional groups attached to an aromatic ring is 1. The minimum atomic E-state index is -0.607. The van der Waals surface area contributed by atoms with Crippen molar-refractivity contribution >= 4 is 46.4 Å². The van der Waals surface area contributed by atoms with E-state index < -0.39 is 11.5 Å². The van der Waals surface area contributed by atoms with Crippen molar-refractivity contribution in [1.82, 2.24) is 9.38 Å². The number of halogens is 2. The minimum absolute atomic E-state index is 0.0188. The van der Waals surface area contributed by atoms with E-state index in [1.54, 1.807) is 24.3 Å². The number of hydrogen-bond donors (Lipinski definition) is 2. The number of aliphatic hydroxyl groups is 1. The maximum atomic E-state index is 14.6. The molecule has 0 saturated heterocycles. The number of unbranched alkanes of at least 4 members (excludes halogenated alkanes) is 1. The van der Waals surface area contributed by atoms with Gasteiger partial charge in [-0.1, -0.05) is 110 Å². The Kier molecular flexibility index (Phi) is 10.8. The minimum Gasteiger partial charge on any atom is -0.511 e. The second-order valence-electron chi connectivity index (χ2n) is 15.4. The summed E-state index contributed by atoms with van der Waals surface area (Å²) in [6.45, 7) is 19.4. The summed E-state index contributed by atoms with van der Waals surface area (Å²) < 4.78 is 7.62. The largest absolute Gasteiger partial charge is 0.511 e. The number of carbonyl (C=O) groups is 1. The molecule has 1 aliphatic carbocycles. The van der Waals surface area contributed by atoms with Gasteiger partial charge in [-0.2, -0.15) is 0 Å². The van der Waals surface area contributed by atoms with Crippen LogP contribution in [0.3, 0.4) is 0 Å². The molecule has 0 radical (unpaired) electrons. The number of carbonyl (C=O) groups excluding carboxylic acids is 1. The smallest absolute Gasteiger partial charge is 0.315 e. The van der Waals surface area contributed by atoms with Crippen LogP contribution in [0, 0.1) is 40.4 Å². The first-order valence-corrected chi connectivity index (χ1v) is 17.4. The van der Waals surface area contributed by atoms with Gasteiger partial charge in [-0.05, 0) is 72.0 Å². The Balaban J connectivity index is 1.99. The molecule has 3 unspecified atom stereocenters. The highest BCUT2D eigenvalue weighted by molar-refractivity contribution is 6.34. The maximum absolute atomic E-state index is 14.6. The average Bonchev–Trinajstić information content (AvgIpc) is 3.22. The summed E-state index contributed by atoms with van der Waals surface area (Å²) in [5, 5.41) is 11.8. The summed E-state index contributed by atoms with van der Waals surface area (Å²) in [6.07, 6.45) is 4.99. The zero-order chi connectivity index (χ0) is 34.3. The zero-order valence-electron chi connectivity index (χ0n) is 28.8. The number of fused-ring (bicyclic) bond motifs is 1. The Morgan fingerprint density at radius 3 is 2.13 bits per heavy atom. The summed E-state index contributed by atoms with van der Waals surface area (Å²) in [6, 6.07) is 6.93. The maximum Gasteiger partial charge on any atom is 0.315 e. The van der Waals surface area contributed by atoms with Crippen molar-refractivity contribution < 1.29 is 14.6 Å². The van der Waals surface area contributed by atoms with Crippen molar-refractivity contribution in [2.45, 2.75) is 101 Å². The number of benzene rings is 1. The Hall–Kier alpha value is -2.77. The molecule has 3 atom stereocenters. The normalized spacial score (nSPS) is 22.2. The first-order chi connectivity index (χ1) is 21.4. The van der Waals surface area contributed by atoms with E-state index in [0.29, 0.717) is 34.9 Å². The fourth-order valence-electron chi connectivity index (χ4n) is 7.40. The van der Waals surface area contributed by atoms with Crippen molar-refractivity contribution in [2.24, 2.45) is 40.4 Å². The van der Waals surface area contributed by atoms with Crippen LogP contribution in [0.5, 0.6) is 5.75 Å². The number of rotatable bonds is 8. The van der Waals surface area contributed by atoms with Gasteiger partial charge in [0.1, 0.15) is 21.9 Å². The highest BCUT2D eigenvalue weighted by Crippen LogP contribution is 2.53. The number of nitrogens with two attached hydrogens (primary N) is 1. The predicted molar refractivity (Wildman–Crippen MR) is 189 cm³/mol. The highest BCUT2D eigenvalue weighted by Gasteiger charge is 2.50. The molecule has 2 aromatic heterocycles. The number of anilines is 1. The van der Waals surface area contributed by atoms with Crippen LogP contribution in [0.4, 0.5) is 5.82 Å². The number of aromatic nitrogens is 2. The summed E-state index contributed by atoms with van der Waals surface area (Å²) in [7, 11) is 0. The van der Waals surface area contributed by atoms with Gasteiger partial charge in [-0.15, -0.1) is 0 Å². The summed E-state index contributed by atoms with van der Waals surface area (Å²) >= 11 is 13.2.